The molecule has 2 N–H and O–H groups in total. The Hall–Kier alpha value is -0.770. The van der Waals surface area contributed by atoms with Crippen LogP contribution in [0.25, 0.3) is 0 Å². The fourth-order valence-corrected chi connectivity index (χ4v) is 1.70. The molecule has 0 saturated carbocycles. The van der Waals surface area contributed by atoms with Crippen molar-refractivity contribution >= 4 is 5.96 Å². The van der Waals surface area contributed by atoms with Crippen LogP contribution in [0.4, 0.5) is 0 Å². The van der Waals surface area contributed by atoms with Gasteiger partial charge in [0.2, 0.25) is 0 Å². The Kier molecular flexibility index (Phi) is 9.00. The van der Waals surface area contributed by atoms with Gasteiger partial charge in [0.25, 0.3) is 0 Å². The van der Waals surface area contributed by atoms with E-state index in [0.29, 0.717) is 6.04 Å². The van der Waals surface area contributed by atoms with Crippen molar-refractivity contribution in [2.75, 3.05) is 32.7 Å². The molecule has 1 atom stereocenters. The second kappa shape index (κ2) is 9.46. The topological polar surface area (TPSA) is 39.7 Å². The first-order valence-electron chi connectivity index (χ1n) is 6.45. The zero-order chi connectivity index (χ0) is 12.4. The summed E-state index contributed by atoms with van der Waals surface area (Å²) in [5.74, 6) is 0.920. The Balaban J connectivity index is 4.17. The van der Waals surface area contributed by atoms with Crippen molar-refractivity contribution in [3.63, 3.8) is 0 Å². The van der Waals surface area contributed by atoms with E-state index in [2.05, 4.69) is 55.1 Å². The van der Waals surface area contributed by atoms with E-state index < -0.39 is 0 Å². The second-order valence-electron chi connectivity index (χ2n) is 3.82. The molecule has 0 fully saturated rings. The molecule has 0 bridgehead atoms. The van der Waals surface area contributed by atoms with Gasteiger partial charge in [0.1, 0.15) is 0 Å². The summed E-state index contributed by atoms with van der Waals surface area (Å²) in [6.45, 7) is 15.6. The predicted molar refractivity (Wildman–Crippen MR) is 72.0 cm³/mol. The first kappa shape index (κ1) is 15.2. The van der Waals surface area contributed by atoms with E-state index in [1.165, 1.54) is 0 Å². The number of nitrogens with one attached hydrogen (secondary N) is 2. The molecule has 0 aliphatic heterocycles. The van der Waals surface area contributed by atoms with E-state index in [0.717, 1.165) is 38.7 Å². The van der Waals surface area contributed by atoms with Crippen LogP contribution >= 0.6 is 0 Å². The number of guanidine groups is 1. The number of hydrogen-bond acceptors (Lipinski definition) is 2. The molecule has 0 saturated heterocycles. The number of rotatable bonds is 7. The van der Waals surface area contributed by atoms with E-state index in [4.69, 9.17) is 0 Å². The van der Waals surface area contributed by atoms with Crippen molar-refractivity contribution in [2.45, 2.75) is 40.7 Å². The van der Waals surface area contributed by atoms with Gasteiger partial charge in [0.05, 0.1) is 6.54 Å². The Bertz CT molecular complexity index is 179. The fourth-order valence-electron chi connectivity index (χ4n) is 1.70. The van der Waals surface area contributed by atoms with Gasteiger partial charge in [0, 0.05) is 19.1 Å². The van der Waals surface area contributed by atoms with E-state index in [-0.39, 0.29) is 0 Å². The first-order chi connectivity index (χ1) is 7.69. The lowest BCUT2D eigenvalue weighted by molar-refractivity contribution is 0.237. The van der Waals surface area contributed by atoms with Gasteiger partial charge in [-0.05, 0) is 33.9 Å². The summed E-state index contributed by atoms with van der Waals surface area (Å²) < 4.78 is 0. The molecule has 0 aromatic carbocycles. The Morgan fingerprint density at radius 2 is 1.56 bits per heavy atom. The molecule has 0 rings (SSSR count). The minimum absolute atomic E-state index is 0.502. The van der Waals surface area contributed by atoms with Gasteiger partial charge in [-0.15, -0.1) is 0 Å². The van der Waals surface area contributed by atoms with Crippen molar-refractivity contribution in [1.29, 1.82) is 0 Å². The molecular weight excluding hydrogens is 200 g/mol. The summed E-state index contributed by atoms with van der Waals surface area (Å²) in [7, 11) is 0. The van der Waals surface area contributed by atoms with E-state index >= 15 is 0 Å². The highest BCUT2D eigenvalue weighted by atomic mass is 15.2. The molecule has 0 unspecified atom stereocenters. The summed E-state index contributed by atoms with van der Waals surface area (Å²) in [6, 6.07) is 0.502. The third kappa shape index (κ3) is 5.95. The molecule has 0 heterocycles. The quantitative estimate of drug-likeness (QED) is 0.509. The summed E-state index contributed by atoms with van der Waals surface area (Å²) in [6.07, 6.45) is 0. The maximum Gasteiger partial charge on any atom is 0.191 e. The van der Waals surface area contributed by atoms with Gasteiger partial charge in [-0.3, -0.25) is 9.89 Å². The van der Waals surface area contributed by atoms with Crippen LogP contribution in [-0.4, -0.2) is 49.6 Å². The van der Waals surface area contributed by atoms with Crippen molar-refractivity contribution in [3.8, 4) is 0 Å². The summed E-state index contributed by atoms with van der Waals surface area (Å²) >= 11 is 0. The van der Waals surface area contributed by atoms with Gasteiger partial charge < -0.3 is 10.6 Å². The SMILES string of the molecule is CCNC(=NC[C@@H](C)N(CC)CC)NCC. The zero-order valence-corrected chi connectivity index (χ0v) is 11.5. The molecule has 0 amide bonds. The minimum atomic E-state index is 0.502. The maximum atomic E-state index is 4.57. The Labute approximate surface area is 101 Å². The zero-order valence-electron chi connectivity index (χ0n) is 11.5. The van der Waals surface area contributed by atoms with E-state index in [9.17, 15) is 0 Å². The van der Waals surface area contributed by atoms with Gasteiger partial charge in [0.15, 0.2) is 5.96 Å². The van der Waals surface area contributed by atoms with Crippen molar-refractivity contribution in [2.24, 2.45) is 4.99 Å². The second-order valence-corrected chi connectivity index (χ2v) is 3.82. The highest BCUT2D eigenvalue weighted by molar-refractivity contribution is 5.79. The average Bonchev–Trinajstić information content (AvgIpc) is 2.28. The van der Waals surface area contributed by atoms with E-state index in [1.807, 2.05) is 0 Å². The minimum Gasteiger partial charge on any atom is -0.357 e. The monoisotopic (exact) mass is 228 g/mol. The predicted octanol–water partition coefficient (Wildman–Crippen LogP) is 1.29. The van der Waals surface area contributed by atoms with Crippen LogP contribution in [0.1, 0.15) is 34.6 Å². The van der Waals surface area contributed by atoms with Gasteiger partial charge >= 0.3 is 0 Å². The summed E-state index contributed by atoms with van der Waals surface area (Å²) in [5, 5.41) is 6.47. The molecule has 0 aliphatic carbocycles. The fraction of sp³-hybridized carbons (Fsp3) is 0.917. The largest absolute Gasteiger partial charge is 0.357 e. The van der Waals surface area contributed by atoms with Crippen LogP contribution in [-0.2, 0) is 0 Å². The standard InChI is InChI=1S/C12H28N4/c1-6-13-12(14-7-2)15-10-11(5)16(8-3)9-4/h11H,6-10H2,1-5H3,(H2,13,14,15)/t11-/m1/s1. The highest BCUT2D eigenvalue weighted by Gasteiger charge is 2.09. The number of likely N-dealkylation sites (N-methyl/N-ethyl adjacent to an activating group) is 1. The lowest BCUT2D eigenvalue weighted by Gasteiger charge is -2.25. The third-order valence-corrected chi connectivity index (χ3v) is 2.64. The lowest BCUT2D eigenvalue weighted by Crippen LogP contribution is -2.39. The van der Waals surface area contributed by atoms with E-state index in [1.54, 1.807) is 0 Å². The summed E-state index contributed by atoms with van der Waals surface area (Å²) in [4.78, 5) is 6.99. The Morgan fingerprint density at radius 1 is 1.06 bits per heavy atom. The smallest absolute Gasteiger partial charge is 0.191 e. The van der Waals surface area contributed by atoms with Crippen LogP contribution in [0.3, 0.4) is 0 Å². The van der Waals surface area contributed by atoms with Gasteiger partial charge in [-0.2, -0.15) is 0 Å². The van der Waals surface area contributed by atoms with Crippen LogP contribution in [0.15, 0.2) is 4.99 Å². The first-order valence-corrected chi connectivity index (χ1v) is 6.45. The molecule has 16 heavy (non-hydrogen) atoms. The van der Waals surface area contributed by atoms with Crippen molar-refractivity contribution in [3.05, 3.63) is 0 Å². The molecule has 0 spiro atoms. The number of hydrogen-bond donors (Lipinski definition) is 2. The molecule has 0 aromatic rings. The normalized spacial score (nSPS) is 12.4. The maximum absolute atomic E-state index is 4.57. The Morgan fingerprint density at radius 3 is 1.94 bits per heavy atom. The van der Waals surface area contributed by atoms with Gasteiger partial charge in [-0.1, -0.05) is 13.8 Å². The van der Waals surface area contributed by atoms with Crippen LogP contribution in [0, 0.1) is 0 Å². The van der Waals surface area contributed by atoms with Crippen molar-refractivity contribution in [1.82, 2.24) is 15.5 Å². The van der Waals surface area contributed by atoms with Gasteiger partial charge in [-0.25, -0.2) is 0 Å². The van der Waals surface area contributed by atoms with Crippen LogP contribution in [0.5, 0.6) is 0 Å². The number of aliphatic imine (C=N–C) groups is 1. The third-order valence-electron chi connectivity index (χ3n) is 2.64. The molecule has 4 heteroatoms. The summed E-state index contributed by atoms with van der Waals surface area (Å²) in [5.41, 5.74) is 0. The highest BCUT2D eigenvalue weighted by Crippen LogP contribution is 1.98. The molecule has 0 aliphatic rings. The number of nitrogens with zero attached hydrogens (tertiary/aromatic N) is 2. The molecule has 4 nitrogen and oxygen atoms in total. The molecule has 0 radical (unpaired) electrons. The molecule has 96 valence electrons. The molecular formula is C12H28N4. The average molecular weight is 228 g/mol. The van der Waals surface area contributed by atoms with Crippen LogP contribution in [0.2, 0.25) is 0 Å². The lowest BCUT2D eigenvalue weighted by atomic mass is 10.3. The van der Waals surface area contributed by atoms with Crippen molar-refractivity contribution < 1.29 is 0 Å². The molecule has 0 aromatic heterocycles. The van der Waals surface area contributed by atoms with Crippen LogP contribution < -0.4 is 10.6 Å².